The number of aryl methyl sites for hydroxylation is 1. The van der Waals surface area contributed by atoms with Crippen LogP contribution in [0.15, 0.2) is 18.2 Å². The Labute approximate surface area is 117 Å². The van der Waals surface area contributed by atoms with Gasteiger partial charge in [0.1, 0.15) is 5.75 Å². The third-order valence-electron chi connectivity index (χ3n) is 3.59. The molecule has 0 radical (unpaired) electrons. The zero-order valence-electron chi connectivity index (χ0n) is 12.9. The summed E-state index contributed by atoms with van der Waals surface area (Å²) in [5.41, 5.74) is 2.72. The summed E-state index contributed by atoms with van der Waals surface area (Å²) in [5, 5.41) is 3.40. The lowest BCUT2D eigenvalue weighted by molar-refractivity contribution is 0.198. The summed E-state index contributed by atoms with van der Waals surface area (Å²) in [4.78, 5) is 0. The van der Waals surface area contributed by atoms with Crippen LogP contribution < -0.4 is 10.1 Å². The van der Waals surface area contributed by atoms with Crippen LogP contribution in [-0.4, -0.2) is 33.9 Å². The van der Waals surface area contributed by atoms with Gasteiger partial charge in [0.05, 0.1) is 13.7 Å². The molecule has 1 N–H and O–H groups in total. The molecule has 0 heterocycles. The highest BCUT2D eigenvalue weighted by molar-refractivity contribution is 5.38. The number of hydrogen-bond acceptors (Lipinski definition) is 3. The number of methoxy groups -OCH3 is 2. The Morgan fingerprint density at radius 2 is 1.89 bits per heavy atom. The van der Waals surface area contributed by atoms with E-state index in [4.69, 9.17) is 9.47 Å². The maximum atomic E-state index is 5.31. The smallest absolute Gasteiger partial charge is 0.121 e. The van der Waals surface area contributed by atoms with Crippen molar-refractivity contribution >= 4 is 0 Å². The monoisotopic (exact) mass is 265 g/mol. The Kier molecular flexibility index (Phi) is 6.32. The zero-order valence-corrected chi connectivity index (χ0v) is 12.9. The molecule has 3 heteroatoms. The fourth-order valence-electron chi connectivity index (χ4n) is 2.14. The number of benzene rings is 1. The van der Waals surface area contributed by atoms with Crippen LogP contribution in [0.1, 0.15) is 31.4 Å². The molecule has 0 aromatic heterocycles. The summed E-state index contributed by atoms with van der Waals surface area (Å²) in [7, 11) is 3.44. The molecular formula is C16H27NO2. The lowest BCUT2D eigenvalue weighted by Gasteiger charge is -2.26. The molecule has 0 unspecified atom stereocenters. The molecule has 0 bridgehead atoms. The standard InChI is InChI=1S/C16H27NO2/c1-13-12-14(6-7-15(13)19-5)16(2,3)8-9-17-10-11-18-4/h6-7,12,17H,8-11H2,1-5H3. The molecule has 0 saturated heterocycles. The molecule has 0 aliphatic carbocycles. The zero-order chi connectivity index (χ0) is 14.3. The van der Waals surface area contributed by atoms with Gasteiger partial charge in [0, 0.05) is 13.7 Å². The summed E-state index contributed by atoms with van der Waals surface area (Å²) in [6.45, 7) is 9.34. The van der Waals surface area contributed by atoms with Crippen LogP contribution in [0.25, 0.3) is 0 Å². The molecule has 1 rings (SSSR count). The van der Waals surface area contributed by atoms with Gasteiger partial charge in [-0.15, -0.1) is 0 Å². The van der Waals surface area contributed by atoms with Crippen LogP contribution in [-0.2, 0) is 10.2 Å². The van der Waals surface area contributed by atoms with Crippen molar-refractivity contribution in [2.75, 3.05) is 33.9 Å². The van der Waals surface area contributed by atoms with Gasteiger partial charge in [0.25, 0.3) is 0 Å². The van der Waals surface area contributed by atoms with Gasteiger partial charge in [0.2, 0.25) is 0 Å². The van der Waals surface area contributed by atoms with Crippen LogP contribution in [0.2, 0.25) is 0 Å². The minimum absolute atomic E-state index is 0.164. The molecule has 0 saturated carbocycles. The lowest BCUT2D eigenvalue weighted by Crippen LogP contribution is -2.27. The van der Waals surface area contributed by atoms with Gasteiger partial charge in [-0.2, -0.15) is 0 Å². The first-order valence-electron chi connectivity index (χ1n) is 6.86. The Balaban J connectivity index is 2.58. The van der Waals surface area contributed by atoms with E-state index in [0.717, 1.165) is 31.9 Å². The number of ether oxygens (including phenoxy) is 2. The Morgan fingerprint density at radius 3 is 2.47 bits per heavy atom. The summed E-state index contributed by atoms with van der Waals surface area (Å²) in [5.74, 6) is 0.956. The minimum atomic E-state index is 0.164. The van der Waals surface area contributed by atoms with Crippen molar-refractivity contribution in [3.05, 3.63) is 29.3 Å². The molecule has 19 heavy (non-hydrogen) atoms. The molecule has 1 aromatic rings. The topological polar surface area (TPSA) is 30.5 Å². The van der Waals surface area contributed by atoms with E-state index in [9.17, 15) is 0 Å². The van der Waals surface area contributed by atoms with Crippen LogP contribution in [0.5, 0.6) is 5.75 Å². The molecule has 0 aliphatic rings. The van der Waals surface area contributed by atoms with E-state index in [-0.39, 0.29) is 5.41 Å². The predicted molar refractivity (Wildman–Crippen MR) is 80.1 cm³/mol. The third-order valence-corrected chi connectivity index (χ3v) is 3.59. The molecule has 108 valence electrons. The third kappa shape index (κ3) is 4.84. The number of rotatable bonds is 8. The summed E-state index contributed by atoms with van der Waals surface area (Å²) in [6, 6.07) is 6.46. The Bertz CT molecular complexity index is 388. The Morgan fingerprint density at radius 1 is 1.16 bits per heavy atom. The van der Waals surface area contributed by atoms with Crippen molar-refractivity contribution in [1.29, 1.82) is 0 Å². The van der Waals surface area contributed by atoms with Crippen LogP contribution in [0, 0.1) is 6.92 Å². The molecule has 0 atom stereocenters. The van der Waals surface area contributed by atoms with Gasteiger partial charge in [-0.3, -0.25) is 0 Å². The molecular weight excluding hydrogens is 238 g/mol. The van der Waals surface area contributed by atoms with Gasteiger partial charge in [-0.1, -0.05) is 26.0 Å². The van der Waals surface area contributed by atoms with Crippen molar-refractivity contribution < 1.29 is 9.47 Å². The minimum Gasteiger partial charge on any atom is -0.496 e. The van der Waals surface area contributed by atoms with E-state index in [0.29, 0.717) is 0 Å². The van der Waals surface area contributed by atoms with E-state index in [1.807, 2.05) is 0 Å². The summed E-state index contributed by atoms with van der Waals surface area (Å²) < 4.78 is 10.3. The van der Waals surface area contributed by atoms with E-state index in [2.05, 4.69) is 44.3 Å². The van der Waals surface area contributed by atoms with E-state index in [1.165, 1.54) is 11.1 Å². The quantitative estimate of drug-likeness (QED) is 0.733. The average molecular weight is 265 g/mol. The van der Waals surface area contributed by atoms with Gasteiger partial charge in [0.15, 0.2) is 0 Å². The average Bonchev–Trinajstić information content (AvgIpc) is 2.38. The number of hydrogen-bond donors (Lipinski definition) is 1. The van der Waals surface area contributed by atoms with E-state index >= 15 is 0 Å². The van der Waals surface area contributed by atoms with Crippen LogP contribution >= 0.6 is 0 Å². The molecule has 0 amide bonds. The van der Waals surface area contributed by atoms with Crippen molar-refractivity contribution in [3.63, 3.8) is 0 Å². The summed E-state index contributed by atoms with van der Waals surface area (Å²) in [6.07, 6.45) is 1.10. The highest BCUT2D eigenvalue weighted by Crippen LogP contribution is 2.30. The van der Waals surface area contributed by atoms with Crippen molar-refractivity contribution in [2.45, 2.75) is 32.6 Å². The SMILES string of the molecule is COCCNCCC(C)(C)c1ccc(OC)c(C)c1. The first-order valence-corrected chi connectivity index (χ1v) is 6.86. The van der Waals surface area contributed by atoms with E-state index in [1.54, 1.807) is 14.2 Å². The molecule has 0 spiro atoms. The number of nitrogens with one attached hydrogen (secondary N) is 1. The van der Waals surface area contributed by atoms with Crippen LogP contribution in [0.4, 0.5) is 0 Å². The van der Waals surface area contributed by atoms with Gasteiger partial charge >= 0.3 is 0 Å². The maximum Gasteiger partial charge on any atom is 0.121 e. The largest absolute Gasteiger partial charge is 0.496 e. The second-order valence-electron chi connectivity index (χ2n) is 5.56. The van der Waals surface area contributed by atoms with E-state index < -0.39 is 0 Å². The van der Waals surface area contributed by atoms with Gasteiger partial charge in [-0.25, -0.2) is 0 Å². The molecule has 0 aliphatic heterocycles. The fraction of sp³-hybridized carbons (Fsp3) is 0.625. The first kappa shape index (κ1) is 16.0. The fourth-order valence-corrected chi connectivity index (χ4v) is 2.14. The van der Waals surface area contributed by atoms with Gasteiger partial charge in [-0.05, 0) is 42.5 Å². The second kappa shape index (κ2) is 7.51. The molecule has 0 fully saturated rings. The predicted octanol–water partition coefficient (Wildman–Crippen LogP) is 2.91. The summed E-state index contributed by atoms with van der Waals surface area (Å²) >= 11 is 0. The molecule has 1 aromatic carbocycles. The van der Waals surface area contributed by atoms with Gasteiger partial charge < -0.3 is 14.8 Å². The van der Waals surface area contributed by atoms with Crippen molar-refractivity contribution in [3.8, 4) is 5.75 Å². The first-order chi connectivity index (χ1) is 9.01. The highest BCUT2D eigenvalue weighted by atomic mass is 16.5. The normalized spacial score (nSPS) is 11.6. The van der Waals surface area contributed by atoms with Crippen molar-refractivity contribution in [2.24, 2.45) is 0 Å². The lowest BCUT2D eigenvalue weighted by atomic mass is 9.81. The second-order valence-corrected chi connectivity index (χ2v) is 5.56. The highest BCUT2D eigenvalue weighted by Gasteiger charge is 2.20. The van der Waals surface area contributed by atoms with Crippen LogP contribution in [0.3, 0.4) is 0 Å². The molecule has 3 nitrogen and oxygen atoms in total. The maximum absolute atomic E-state index is 5.31. The van der Waals surface area contributed by atoms with Crippen molar-refractivity contribution in [1.82, 2.24) is 5.32 Å². The Hall–Kier alpha value is -1.06.